The van der Waals surface area contributed by atoms with E-state index >= 15 is 0 Å². The molecule has 0 aliphatic rings. The Hall–Kier alpha value is -3.87. The van der Waals surface area contributed by atoms with Gasteiger partial charge in [0.25, 0.3) is 5.56 Å². The van der Waals surface area contributed by atoms with Gasteiger partial charge < -0.3 is 14.6 Å². The molecule has 1 N–H and O–H groups in total. The average molecular weight is 445 g/mol. The highest BCUT2D eigenvalue weighted by Crippen LogP contribution is 2.23. The summed E-state index contributed by atoms with van der Waals surface area (Å²) in [6.45, 7) is 5.90. The molecular formula is C26H28N4O3. The van der Waals surface area contributed by atoms with Crippen LogP contribution in [0.3, 0.4) is 0 Å². The van der Waals surface area contributed by atoms with Crippen LogP contribution in [0.25, 0.3) is 16.9 Å². The van der Waals surface area contributed by atoms with E-state index in [9.17, 15) is 9.59 Å². The molecule has 0 radical (unpaired) electrons. The molecule has 0 bridgehead atoms. The van der Waals surface area contributed by atoms with Gasteiger partial charge in [-0.1, -0.05) is 12.1 Å². The molecule has 2 aromatic heterocycles. The topological polar surface area (TPSA) is 77.6 Å². The summed E-state index contributed by atoms with van der Waals surface area (Å²) in [4.78, 5) is 25.9. The maximum Gasteiger partial charge on any atom is 0.277 e. The van der Waals surface area contributed by atoms with E-state index in [1.54, 1.807) is 7.11 Å². The molecule has 4 aromatic rings. The van der Waals surface area contributed by atoms with Gasteiger partial charge in [0.15, 0.2) is 0 Å². The number of rotatable bonds is 6. The van der Waals surface area contributed by atoms with Gasteiger partial charge in [0.2, 0.25) is 5.91 Å². The number of anilines is 1. The van der Waals surface area contributed by atoms with Crippen molar-refractivity contribution in [2.75, 3.05) is 12.4 Å². The Morgan fingerprint density at radius 1 is 1.09 bits per heavy atom. The quantitative estimate of drug-likeness (QED) is 0.483. The molecule has 0 aliphatic carbocycles. The summed E-state index contributed by atoms with van der Waals surface area (Å²) < 4.78 is 8.58. The first-order valence-electron chi connectivity index (χ1n) is 10.9. The van der Waals surface area contributed by atoms with Crippen LogP contribution in [0.1, 0.15) is 28.8 Å². The lowest BCUT2D eigenvalue weighted by Gasteiger charge is -2.13. The third-order valence-electron chi connectivity index (χ3n) is 6.29. The van der Waals surface area contributed by atoms with Crippen molar-refractivity contribution in [3.63, 3.8) is 0 Å². The third-order valence-corrected chi connectivity index (χ3v) is 6.29. The minimum atomic E-state index is -0.195. The lowest BCUT2D eigenvalue weighted by Crippen LogP contribution is -2.26. The van der Waals surface area contributed by atoms with Crippen LogP contribution in [0, 0.1) is 20.8 Å². The van der Waals surface area contributed by atoms with Crippen molar-refractivity contribution in [2.24, 2.45) is 7.05 Å². The number of carbonyl (C=O) groups is 1. The van der Waals surface area contributed by atoms with Crippen molar-refractivity contribution >= 4 is 17.2 Å². The molecule has 0 saturated carbocycles. The fraction of sp³-hybridized carbons (Fsp3) is 0.269. The summed E-state index contributed by atoms with van der Waals surface area (Å²) in [5.41, 5.74) is 6.48. The number of benzene rings is 2. The fourth-order valence-electron chi connectivity index (χ4n) is 3.94. The number of nitrogens with one attached hydrogen (secondary N) is 1. The van der Waals surface area contributed by atoms with Crippen LogP contribution in [0.5, 0.6) is 5.75 Å². The minimum absolute atomic E-state index is 0.121. The Labute approximate surface area is 192 Å². The molecule has 0 fully saturated rings. The number of hydrogen-bond acceptors (Lipinski definition) is 4. The van der Waals surface area contributed by atoms with Gasteiger partial charge in [0, 0.05) is 42.0 Å². The Balaban J connectivity index is 1.60. The second-order valence-corrected chi connectivity index (χ2v) is 8.25. The molecule has 0 spiro atoms. The first-order chi connectivity index (χ1) is 15.8. The Kier molecular flexibility index (Phi) is 6.05. The van der Waals surface area contributed by atoms with Crippen LogP contribution in [-0.4, -0.2) is 27.2 Å². The normalized spacial score (nSPS) is 11.1. The summed E-state index contributed by atoms with van der Waals surface area (Å²) in [7, 11) is 3.53. The number of amides is 1. The Morgan fingerprint density at radius 2 is 1.82 bits per heavy atom. The van der Waals surface area contributed by atoms with Gasteiger partial charge in [-0.05, 0) is 68.7 Å². The molecular weight excluding hydrogens is 416 g/mol. The van der Waals surface area contributed by atoms with E-state index in [0.29, 0.717) is 23.3 Å². The zero-order valence-corrected chi connectivity index (χ0v) is 19.6. The number of aromatic nitrogens is 3. The average Bonchev–Trinajstić information content (AvgIpc) is 3.26. The zero-order valence-electron chi connectivity index (χ0n) is 19.6. The highest BCUT2D eigenvalue weighted by molar-refractivity contribution is 5.91. The predicted octanol–water partition coefficient (Wildman–Crippen LogP) is 4.21. The lowest BCUT2D eigenvalue weighted by molar-refractivity contribution is -0.116. The largest absolute Gasteiger partial charge is 0.497 e. The van der Waals surface area contributed by atoms with Crippen molar-refractivity contribution in [1.29, 1.82) is 0 Å². The molecule has 0 aliphatic heterocycles. The smallest absolute Gasteiger partial charge is 0.277 e. The predicted molar refractivity (Wildman–Crippen MR) is 130 cm³/mol. The first-order valence-corrected chi connectivity index (χ1v) is 10.9. The standard InChI is InChI=1S/C26H28N4O3/c1-16-7-6-8-22(17(16)2)27-24(31)14-13-21-18(3)29(4)25-15-23(28-30(25)26(21)32)19-9-11-20(33-5)12-10-19/h6-12,15H,13-14H2,1-5H3,(H,27,31). The number of hydrogen-bond donors (Lipinski definition) is 1. The molecule has 33 heavy (non-hydrogen) atoms. The molecule has 2 aromatic carbocycles. The molecule has 0 saturated heterocycles. The number of nitrogens with zero attached hydrogens (tertiary/aromatic N) is 3. The van der Waals surface area contributed by atoms with E-state index in [4.69, 9.17) is 4.74 Å². The first kappa shape index (κ1) is 22.3. The third kappa shape index (κ3) is 4.26. The molecule has 7 nitrogen and oxygen atoms in total. The fourth-order valence-corrected chi connectivity index (χ4v) is 3.94. The van der Waals surface area contributed by atoms with E-state index in [1.807, 2.05) is 80.9 Å². The number of methoxy groups -OCH3 is 1. The molecule has 0 unspecified atom stereocenters. The Morgan fingerprint density at radius 3 is 2.52 bits per heavy atom. The maximum absolute atomic E-state index is 13.3. The van der Waals surface area contributed by atoms with Gasteiger partial charge in [0.05, 0.1) is 12.8 Å². The summed E-state index contributed by atoms with van der Waals surface area (Å²) >= 11 is 0. The summed E-state index contributed by atoms with van der Waals surface area (Å²) in [5.74, 6) is 0.638. The zero-order chi connectivity index (χ0) is 23.7. The van der Waals surface area contributed by atoms with Crippen LogP contribution < -0.4 is 15.6 Å². The van der Waals surface area contributed by atoms with Gasteiger partial charge in [-0.15, -0.1) is 0 Å². The second kappa shape index (κ2) is 8.94. The van der Waals surface area contributed by atoms with E-state index < -0.39 is 0 Å². The van der Waals surface area contributed by atoms with E-state index in [-0.39, 0.29) is 17.9 Å². The van der Waals surface area contributed by atoms with Gasteiger partial charge in [-0.3, -0.25) is 9.59 Å². The van der Waals surface area contributed by atoms with Crippen LogP contribution in [0.4, 0.5) is 5.69 Å². The van der Waals surface area contributed by atoms with Crippen molar-refractivity contribution in [3.8, 4) is 17.0 Å². The maximum atomic E-state index is 13.3. The molecule has 2 heterocycles. The number of carbonyl (C=O) groups excluding carboxylic acids is 1. The van der Waals surface area contributed by atoms with Crippen LogP contribution in [0.15, 0.2) is 53.3 Å². The molecule has 7 heteroatoms. The van der Waals surface area contributed by atoms with E-state index in [0.717, 1.165) is 33.8 Å². The summed E-state index contributed by atoms with van der Waals surface area (Å²) in [5, 5.41) is 7.53. The van der Waals surface area contributed by atoms with Crippen molar-refractivity contribution in [2.45, 2.75) is 33.6 Å². The molecule has 1 amide bonds. The monoisotopic (exact) mass is 444 g/mol. The van der Waals surface area contributed by atoms with Crippen LogP contribution in [-0.2, 0) is 18.3 Å². The Bertz CT molecular complexity index is 1400. The summed E-state index contributed by atoms with van der Waals surface area (Å²) in [6, 6.07) is 15.3. The summed E-state index contributed by atoms with van der Waals surface area (Å²) in [6.07, 6.45) is 0.546. The van der Waals surface area contributed by atoms with Crippen LogP contribution >= 0.6 is 0 Å². The van der Waals surface area contributed by atoms with Gasteiger partial charge in [0.1, 0.15) is 11.4 Å². The van der Waals surface area contributed by atoms with Crippen molar-refractivity contribution in [1.82, 2.24) is 14.2 Å². The minimum Gasteiger partial charge on any atom is -0.497 e. The SMILES string of the molecule is COc1ccc(-c2cc3n(C)c(C)c(CCC(=O)Nc4cccc(C)c4C)c(=O)n3n2)cc1. The van der Waals surface area contributed by atoms with E-state index in [2.05, 4.69) is 10.4 Å². The van der Waals surface area contributed by atoms with Gasteiger partial charge >= 0.3 is 0 Å². The van der Waals surface area contributed by atoms with Gasteiger partial charge in [-0.2, -0.15) is 9.61 Å². The molecule has 0 atom stereocenters. The van der Waals surface area contributed by atoms with Crippen molar-refractivity contribution < 1.29 is 9.53 Å². The van der Waals surface area contributed by atoms with Gasteiger partial charge in [-0.25, -0.2) is 0 Å². The molecule has 170 valence electrons. The number of aryl methyl sites for hydroxylation is 2. The van der Waals surface area contributed by atoms with E-state index in [1.165, 1.54) is 4.52 Å². The lowest BCUT2D eigenvalue weighted by atomic mass is 10.1. The second-order valence-electron chi connectivity index (χ2n) is 8.25. The van der Waals surface area contributed by atoms with Crippen LogP contribution in [0.2, 0.25) is 0 Å². The molecule has 4 rings (SSSR count). The highest BCUT2D eigenvalue weighted by Gasteiger charge is 2.17. The number of fused-ring (bicyclic) bond motifs is 1. The number of ether oxygens (including phenoxy) is 1. The highest BCUT2D eigenvalue weighted by atomic mass is 16.5. The van der Waals surface area contributed by atoms with Crippen molar-refractivity contribution in [3.05, 3.63) is 81.3 Å².